The molecular formula is C32H40O9. The number of rotatable bonds is 4. The summed E-state index contributed by atoms with van der Waals surface area (Å²) in [6, 6.07) is 8.59. The van der Waals surface area contributed by atoms with E-state index in [1.807, 2.05) is 27.7 Å². The van der Waals surface area contributed by atoms with E-state index in [1.54, 1.807) is 37.3 Å². The van der Waals surface area contributed by atoms with E-state index in [0.29, 0.717) is 24.0 Å². The first kappa shape index (κ1) is 29.5. The van der Waals surface area contributed by atoms with Gasteiger partial charge in [-0.05, 0) is 49.8 Å². The fourth-order valence-corrected chi connectivity index (χ4v) is 8.20. The van der Waals surface area contributed by atoms with Crippen LogP contribution in [0, 0.1) is 22.2 Å². The Balaban J connectivity index is 1.81. The van der Waals surface area contributed by atoms with Gasteiger partial charge in [0.2, 0.25) is 0 Å². The second kappa shape index (κ2) is 9.76. The summed E-state index contributed by atoms with van der Waals surface area (Å²) in [4.78, 5) is 53.7. The summed E-state index contributed by atoms with van der Waals surface area (Å²) in [5, 5.41) is 11.7. The average molecular weight is 569 g/mol. The number of allylic oxidation sites excluding steroid dienone is 1. The normalized spacial score (nSPS) is 39.2. The van der Waals surface area contributed by atoms with Crippen LogP contribution in [0.5, 0.6) is 0 Å². The third-order valence-corrected chi connectivity index (χ3v) is 10.8. The van der Waals surface area contributed by atoms with Gasteiger partial charge in [0.05, 0.1) is 29.6 Å². The minimum atomic E-state index is -1.63. The lowest BCUT2D eigenvalue weighted by atomic mass is 9.42. The number of hydrogen-bond acceptors (Lipinski definition) is 9. The minimum absolute atomic E-state index is 0.0205. The number of Topliss-reactive ketones (excluding diaryl/α,β-unsaturated/α-hetero) is 1. The highest BCUT2D eigenvalue weighted by molar-refractivity contribution is 5.95. The molecule has 0 amide bonds. The van der Waals surface area contributed by atoms with E-state index in [1.165, 1.54) is 13.8 Å². The van der Waals surface area contributed by atoms with Crippen LogP contribution in [0.15, 0.2) is 41.5 Å². The standard InChI is InChI=1S/C32H40O9/c1-17-13-14-30(6)27(40-28(37)20-11-9-8-10-12-20)25-31(7,21(35)15-22-32(25,16-38-22)41-19(3)34)26(36)24(39-18(2)33)23(17)29(30,4)5/h8-12,21-22,24-25,27,35H,13-16H2,1-7H3/t21-,22+,24+,25?,27?,30-,31+,32-/m0/s1. The quantitative estimate of drug-likeness (QED) is 0.326. The Morgan fingerprint density at radius 3 is 2.22 bits per heavy atom. The van der Waals surface area contributed by atoms with Crippen molar-refractivity contribution in [3.05, 3.63) is 47.0 Å². The SMILES string of the molecule is CC(=O)O[C@H]1C(=O)[C@@]2(C)C(C(OC(=O)c3ccccc3)[C@]3(C)CCC(C)=C1C3(C)C)[C@]1(OC(C)=O)CO[C@@H]1C[C@@H]2O. The number of aliphatic hydroxyl groups excluding tert-OH is 1. The van der Waals surface area contributed by atoms with Gasteiger partial charge >= 0.3 is 17.9 Å². The summed E-state index contributed by atoms with van der Waals surface area (Å²) in [6.45, 7) is 12.1. The van der Waals surface area contributed by atoms with Crippen LogP contribution >= 0.6 is 0 Å². The fourth-order valence-electron chi connectivity index (χ4n) is 8.20. The number of carbonyl (C=O) groups excluding carboxylic acids is 4. The molecule has 1 saturated heterocycles. The van der Waals surface area contributed by atoms with Crippen molar-refractivity contribution in [3.8, 4) is 0 Å². The van der Waals surface area contributed by atoms with E-state index in [4.69, 9.17) is 18.9 Å². The molecule has 0 aromatic heterocycles. The Bertz CT molecular complexity index is 1320. The van der Waals surface area contributed by atoms with E-state index < -0.39 is 75.9 Å². The van der Waals surface area contributed by atoms with Crippen LogP contribution in [0.2, 0.25) is 0 Å². The van der Waals surface area contributed by atoms with Gasteiger partial charge in [0.15, 0.2) is 17.5 Å². The number of ether oxygens (including phenoxy) is 4. The molecule has 1 aromatic carbocycles. The molecule has 0 spiro atoms. The van der Waals surface area contributed by atoms with Gasteiger partial charge in [-0.25, -0.2) is 4.79 Å². The highest BCUT2D eigenvalue weighted by Gasteiger charge is 2.77. The van der Waals surface area contributed by atoms with Gasteiger partial charge in [0.1, 0.15) is 12.2 Å². The van der Waals surface area contributed by atoms with Gasteiger partial charge in [-0.3, -0.25) is 14.4 Å². The topological polar surface area (TPSA) is 125 Å². The Morgan fingerprint density at radius 2 is 1.66 bits per heavy atom. The minimum Gasteiger partial charge on any atom is -0.458 e. The molecule has 2 saturated carbocycles. The molecule has 3 fully saturated rings. The van der Waals surface area contributed by atoms with Gasteiger partial charge in [-0.15, -0.1) is 0 Å². The predicted molar refractivity (Wildman–Crippen MR) is 146 cm³/mol. The second-order valence-electron chi connectivity index (χ2n) is 13.1. The van der Waals surface area contributed by atoms with E-state index in [-0.39, 0.29) is 13.0 Å². The smallest absolute Gasteiger partial charge is 0.338 e. The Kier molecular flexibility index (Phi) is 7.01. The molecule has 3 aliphatic carbocycles. The average Bonchev–Trinajstić information content (AvgIpc) is 2.89. The molecule has 41 heavy (non-hydrogen) atoms. The number of aliphatic hydroxyl groups is 1. The zero-order valence-electron chi connectivity index (χ0n) is 24.8. The van der Waals surface area contributed by atoms with E-state index in [2.05, 4.69) is 0 Å². The van der Waals surface area contributed by atoms with Gasteiger partial charge in [0, 0.05) is 25.7 Å². The van der Waals surface area contributed by atoms with Crippen molar-refractivity contribution >= 4 is 23.7 Å². The highest BCUT2D eigenvalue weighted by atomic mass is 16.6. The molecule has 1 aromatic rings. The number of benzene rings is 1. The lowest BCUT2D eigenvalue weighted by Crippen LogP contribution is -2.80. The number of esters is 3. The summed E-state index contributed by atoms with van der Waals surface area (Å²) in [7, 11) is 0. The van der Waals surface area contributed by atoms with Crippen LogP contribution in [0.25, 0.3) is 0 Å². The Hall–Kier alpha value is -3.04. The summed E-state index contributed by atoms with van der Waals surface area (Å²) in [6.07, 6.45) is -3.03. The molecule has 8 atom stereocenters. The number of fused-ring (bicyclic) bond motifs is 5. The Labute approximate surface area is 240 Å². The molecule has 1 N–H and O–H groups in total. The largest absolute Gasteiger partial charge is 0.458 e. The second-order valence-corrected chi connectivity index (χ2v) is 13.1. The van der Waals surface area contributed by atoms with Crippen LogP contribution < -0.4 is 0 Å². The molecule has 2 unspecified atom stereocenters. The van der Waals surface area contributed by atoms with Crippen LogP contribution in [-0.4, -0.2) is 65.4 Å². The molecule has 222 valence electrons. The van der Waals surface area contributed by atoms with Gasteiger partial charge in [-0.2, -0.15) is 0 Å². The predicted octanol–water partition coefficient (Wildman–Crippen LogP) is 3.96. The first-order chi connectivity index (χ1) is 19.1. The molecule has 5 rings (SSSR count). The van der Waals surface area contributed by atoms with Crippen molar-refractivity contribution in [1.82, 2.24) is 0 Å². The van der Waals surface area contributed by atoms with Crippen LogP contribution in [-0.2, 0) is 33.3 Å². The van der Waals surface area contributed by atoms with Crippen molar-refractivity contribution in [2.75, 3.05) is 6.61 Å². The summed E-state index contributed by atoms with van der Waals surface area (Å²) >= 11 is 0. The summed E-state index contributed by atoms with van der Waals surface area (Å²) in [5.74, 6) is -3.27. The molecule has 4 aliphatic rings. The maximum atomic E-state index is 14.9. The van der Waals surface area contributed by atoms with Crippen molar-refractivity contribution in [2.24, 2.45) is 22.2 Å². The van der Waals surface area contributed by atoms with E-state index in [0.717, 1.165) is 5.57 Å². The summed E-state index contributed by atoms with van der Waals surface area (Å²) in [5.41, 5.74) is -2.69. The molecule has 9 heteroatoms. The van der Waals surface area contributed by atoms with Crippen LogP contribution in [0.4, 0.5) is 0 Å². The fraction of sp³-hybridized carbons (Fsp3) is 0.625. The zero-order chi connectivity index (χ0) is 30.1. The monoisotopic (exact) mass is 568 g/mol. The maximum Gasteiger partial charge on any atom is 0.338 e. The van der Waals surface area contributed by atoms with Crippen molar-refractivity contribution < 1.29 is 43.2 Å². The van der Waals surface area contributed by atoms with Gasteiger partial charge in [0.25, 0.3) is 0 Å². The molecular weight excluding hydrogens is 528 g/mol. The van der Waals surface area contributed by atoms with Gasteiger partial charge in [-0.1, -0.05) is 44.5 Å². The van der Waals surface area contributed by atoms with Crippen LogP contribution in [0.3, 0.4) is 0 Å². The molecule has 2 bridgehead atoms. The summed E-state index contributed by atoms with van der Waals surface area (Å²) < 4.78 is 24.2. The molecule has 9 nitrogen and oxygen atoms in total. The lowest BCUT2D eigenvalue weighted by molar-refractivity contribution is -0.340. The zero-order valence-corrected chi connectivity index (χ0v) is 24.8. The Morgan fingerprint density at radius 1 is 1.00 bits per heavy atom. The maximum absolute atomic E-state index is 14.9. The van der Waals surface area contributed by atoms with Crippen LogP contribution in [0.1, 0.15) is 78.1 Å². The van der Waals surface area contributed by atoms with Crippen molar-refractivity contribution in [2.45, 2.75) is 97.7 Å². The third-order valence-electron chi connectivity index (χ3n) is 10.8. The number of hydrogen-bond donors (Lipinski definition) is 1. The van der Waals surface area contributed by atoms with Gasteiger partial charge < -0.3 is 24.1 Å². The number of carbonyl (C=O) groups is 4. The highest BCUT2D eigenvalue weighted by Crippen LogP contribution is 2.67. The first-order valence-corrected chi connectivity index (χ1v) is 14.3. The van der Waals surface area contributed by atoms with Crippen molar-refractivity contribution in [1.29, 1.82) is 0 Å². The molecule has 0 radical (unpaired) electrons. The number of ketones is 1. The van der Waals surface area contributed by atoms with E-state index in [9.17, 15) is 24.3 Å². The van der Waals surface area contributed by atoms with E-state index >= 15 is 0 Å². The van der Waals surface area contributed by atoms with Crippen molar-refractivity contribution in [3.63, 3.8) is 0 Å². The molecule has 1 heterocycles. The first-order valence-electron chi connectivity index (χ1n) is 14.3. The molecule has 1 aliphatic heterocycles. The third kappa shape index (κ3) is 4.10. The lowest BCUT2D eigenvalue weighted by Gasteiger charge is -2.68.